The summed E-state index contributed by atoms with van der Waals surface area (Å²) in [6, 6.07) is 28.9. The lowest BCUT2D eigenvalue weighted by atomic mass is 9.77. The van der Waals surface area contributed by atoms with Gasteiger partial charge in [-0.2, -0.15) is 8.42 Å². The Bertz CT molecular complexity index is 1560. The summed E-state index contributed by atoms with van der Waals surface area (Å²) in [7, 11) is -4.37. The predicted octanol–water partition coefficient (Wildman–Crippen LogP) is 5.52. The first-order valence-electron chi connectivity index (χ1n) is 12.3. The molecular formula is C30H27NO6S. The number of aromatic hydroxyl groups is 1. The lowest BCUT2D eigenvalue weighted by molar-refractivity contribution is -0.131. The number of para-hydroxylation sites is 1. The summed E-state index contributed by atoms with van der Waals surface area (Å²) in [6.07, 6.45) is 0.114. The van der Waals surface area contributed by atoms with Crippen molar-refractivity contribution in [2.75, 3.05) is 4.90 Å². The molecule has 3 N–H and O–H groups in total. The van der Waals surface area contributed by atoms with Gasteiger partial charge < -0.3 is 15.1 Å². The Labute approximate surface area is 221 Å². The molecule has 194 valence electrons. The summed E-state index contributed by atoms with van der Waals surface area (Å²) in [6.45, 7) is 0. The second-order valence-corrected chi connectivity index (χ2v) is 10.8. The van der Waals surface area contributed by atoms with E-state index in [0.29, 0.717) is 35.2 Å². The van der Waals surface area contributed by atoms with Crippen molar-refractivity contribution in [3.05, 3.63) is 114 Å². The number of nitrogens with zero attached hydrogens (tertiary/aromatic N) is 1. The van der Waals surface area contributed by atoms with Crippen molar-refractivity contribution in [2.24, 2.45) is 5.92 Å². The minimum absolute atomic E-state index is 0.0354. The predicted molar refractivity (Wildman–Crippen MR) is 144 cm³/mol. The number of phenols is 1. The summed E-state index contributed by atoms with van der Waals surface area (Å²) in [4.78, 5) is 14.7. The molecule has 0 unspecified atom stereocenters. The highest BCUT2D eigenvalue weighted by molar-refractivity contribution is 7.85. The molecule has 0 radical (unpaired) electrons. The number of anilines is 1. The van der Waals surface area contributed by atoms with Crippen molar-refractivity contribution < 1.29 is 28.0 Å². The van der Waals surface area contributed by atoms with Crippen LogP contribution in [0.1, 0.15) is 36.1 Å². The van der Waals surface area contributed by atoms with Crippen LogP contribution in [0.4, 0.5) is 5.69 Å². The van der Waals surface area contributed by atoms with E-state index in [1.165, 1.54) is 24.3 Å². The van der Waals surface area contributed by atoms with E-state index >= 15 is 0 Å². The van der Waals surface area contributed by atoms with Crippen molar-refractivity contribution >= 4 is 21.7 Å². The van der Waals surface area contributed by atoms with Crippen LogP contribution in [0.5, 0.6) is 5.75 Å². The van der Waals surface area contributed by atoms with Crippen LogP contribution in [-0.4, -0.2) is 29.1 Å². The van der Waals surface area contributed by atoms with Crippen LogP contribution < -0.4 is 4.90 Å². The molecule has 1 saturated heterocycles. The molecular weight excluding hydrogens is 502 g/mol. The largest absolute Gasteiger partial charge is 0.508 e. The van der Waals surface area contributed by atoms with Crippen LogP contribution in [0.3, 0.4) is 0 Å². The van der Waals surface area contributed by atoms with Gasteiger partial charge in [0.05, 0.1) is 23.0 Å². The molecule has 0 aliphatic carbocycles. The molecule has 4 aromatic rings. The SMILES string of the molecule is O=C1[C@H](CC[C@H](O)c2ccccc2)[C@H](c2ccc(-c3cccc(S(=O)(=O)O)c3)cc2O)N1c1ccccc1. The molecule has 1 amide bonds. The molecule has 38 heavy (non-hydrogen) atoms. The van der Waals surface area contributed by atoms with Crippen LogP contribution in [0.15, 0.2) is 108 Å². The zero-order valence-electron chi connectivity index (χ0n) is 20.4. The second-order valence-electron chi connectivity index (χ2n) is 9.38. The van der Waals surface area contributed by atoms with Crippen LogP contribution in [-0.2, 0) is 14.9 Å². The molecule has 8 heteroatoms. The number of aliphatic hydroxyl groups excluding tert-OH is 1. The Morgan fingerprint density at radius 2 is 1.47 bits per heavy atom. The third-order valence-corrected chi connectivity index (χ3v) is 7.85. The van der Waals surface area contributed by atoms with Gasteiger partial charge in [0.15, 0.2) is 0 Å². The third-order valence-electron chi connectivity index (χ3n) is 7.00. The number of carbonyl (C=O) groups is 1. The smallest absolute Gasteiger partial charge is 0.294 e. The normalized spacial score (nSPS) is 18.2. The van der Waals surface area contributed by atoms with Gasteiger partial charge in [-0.3, -0.25) is 9.35 Å². The summed E-state index contributed by atoms with van der Waals surface area (Å²) in [5.74, 6) is -0.550. The minimum Gasteiger partial charge on any atom is -0.508 e. The van der Waals surface area contributed by atoms with Gasteiger partial charge in [-0.05, 0) is 59.9 Å². The monoisotopic (exact) mass is 529 g/mol. The molecule has 1 fully saturated rings. The highest BCUT2D eigenvalue weighted by Crippen LogP contribution is 2.49. The van der Waals surface area contributed by atoms with Gasteiger partial charge >= 0.3 is 0 Å². The Morgan fingerprint density at radius 3 is 2.13 bits per heavy atom. The van der Waals surface area contributed by atoms with Crippen LogP contribution in [0, 0.1) is 5.92 Å². The molecule has 3 atom stereocenters. The van der Waals surface area contributed by atoms with Gasteiger partial charge in [-0.25, -0.2) is 0 Å². The second kappa shape index (κ2) is 10.4. The van der Waals surface area contributed by atoms with Crippen LogP contribution >= 0.6 is 0 Å². The van der Waals surface area contributed by atoms with Gasteiger partial charge in [-0.15, -0.1) is 0 Å². The Morgan fingerprint density at radius 1 is 0.816 bits per heavy atom. The van der Waals surface area contributed by atoms with E-state index in [4.69, 9.17) is 0 Å². The summed E-state index contributed by atoms with van der Waals surface area (Å²) < 4.78 is 32.5. The number of hydrogen-bond acceptors (Lipinski definition) is 5. The van der Waals surface area contributed by atoms with E-state index in [1.807, 2.05) is 60.7 Å². The molecule has 5 rings (SSSR count). The number of hydrogen-bond donors (Lipinski definition) is 3. The maximum atomic E-state index is 13.3. The van der Waals surface area contributed by atoms with Crippen molar-refractivity contribution in [1.29, 1.82) is 0 Å². The third kappa shape index (κ3) is 5.06. The molecule has 4 aromatic carbocycles. The van der Waals surface area contributed by atoms with Crippen molar-refractivity contribution in [2.45, 2.75) is 29.9 Å². The lowest BCUT2D eigenvalue weighted by Crippen LogP contribution is -2.55. The van der Waals surface area contributed by atoms with Crippen molar-refractivity contribution in [3.63, 3.8) is 0 Å². The van der Waals surface area contributed by atoms with E-state index in [1.54, 1.807) is 23.1 Å². The van der Waals surface area contributed by atoms with E-state index in [2.05, 4.69) is 0 Å². The number of phenolic OH excluding ortho intramolecular Hbond substituents is 1. The number of amides is 1. The topological polar surface area (TPSA) is 115 Å². The average molecular weight is 530 g/mol. The maximum Gasteiger partial charge on any atom is 0.294 e. The number of β-lactam (4-membered cyclic amide) rings is 1. The number of benzene rings is 4. The zero-order valence-corrected chi connectivity index (χ0v) is 21.2. The van der Waals surface area contributed by atoms with Crippen LogP contribution in [0.25, 0.3) is 11.1 Å². The van der Waals surface area contributed by atoms with Crippen LogP contribution in [0.2, 0.25) is 0 Å². The maximum absolute atomic E-state index is 13.3. The summed E-state index contributed by atoms with van der Waals surface area (Å²) in [5.41, 5.74) is 3.13. The number of rotatable bonds is 8. The standard InChI is InChI=1S/C30H27NO6S/c32-27(20-8-3-1-4-9-20)17-16-26-29(31(30(26)34)23-11-5-2-6-12-23)25-15-14-22(19-28(25)33)21-10-7-13-24(18-21)38(35,36)37/h1-15,18-19,26-27,29,32-33H,16-17H2,(H,35,36,37)/t26-,27+,29+/m1/s1. The number of carbonyl (C=O) groups excluding carboxylic acids is 1. The summed E-state index contributed by atoms with van der Waals surface area (Å²) in [5, 5.41) is 21.8. The van der Waals surface area contributed by atoms with Crippen molar-refractivity contribution in [1.82, 2.24) is 0 Å². The first kappa shape index (κ1) is 25.7. The Hall–Kier alpha value is -3.98. The molecule has 0 spiro atoms. The van der Waals surface area contributed by atoms with E-state index in [0.717, 1.165) is 5.56 Å². The van der Waals surface area contributed by atoms with Gasteiger partial charge in [0.2, 0.25) is 5.91 Å². The van der Waals surface area contributed by atoms with E-state index < -0.39 is 28.2 Å². The van der Waals surface area contributed by atoms with Gasteiger partial charge in [-0.1, -0.05) is 72.8 Å². The molecule has 7 nitrogen and oxygen atoms in total. The molecule has 1 aliphatic rings. The zero-order chi connectivity index (χ0) is 26.9. The van der Waals surface area contributed by atoms with Gasteiger partial charge in [0.1, 0.15) is 5.75 Å². The fraction of sp³-hybridized carbons (Fsp3) is 0.167. The van der Waals surface area contributed by atoms with E-state index in [9.17, 15) is 28.0 Å². The van der Waals surface area contributed by atoms with Crippen molar-refractivity contribution in [3.8, 4) is 16.9 Å². The fourth-order valence-corrected chi connectivity index (χ4v) is 5.58. The fourth-order valence-electron chi connectivity index (χ4n) is 5.05. The molecule has 1 heterocycles. The van der Waals surface area contributed by atoms with E-state index in [-0.39, 0.29) is 16.6 Å². The number of aliphatic hydroxyl groups is 1. The lowest BCUT2D eigenvalue weighted by Gasteiger charge is -2.48. The van der Waals surface area contributed by atoms with Gasteiger partial charge in [0.25, 0.3) is 10.1 Å². The minimum atomic E-state index is -4.37. The molecule has 0 aromatic heterocycles. The molecule has 1 aliphatic heterocycles. The average Bonchev–Trinajstić information content (AvgIpc) is 2.92. The Balaban J connectivity index is 1.45. The highest BCUT2D eigenvalue weighted by atomic mass is 32.2. The van der Waals surface area contributed by atoms with Gasteiger partial charge in [0, 0.05) is 11.3 Å². The highest BCUT2D eigenvalue weighted by Gasteiger charge is 2.49. The summed E-state index contributed by atoms with van der Waals surface area (Å²) >= 11 is 0. The Kier molecular flexibility index (Phi) is 7.03. The molecule has 0 saturated carbocycles. The quantitative estimate of drug-likeness (QED) is 0.204. The first-order valence-corrected chi connectivity index (χ1v) is 13.7. The first-order chi connectivity index (χ1) is 18.2. The molecule has 0 bridgehead atoms.